The molecule has 0 saturated heterocycles. The van der Waals surface area contributed by atoms with Crippen molar-refractivity contribution < 1.29 is 27.8 Å². The van der Waals surface area contributed by atoms with Crippen LogP contribution in [0, 0.1) is 24.0 Å². The fraction of sp³-hybridized carbons (Fsp3) is 0.179. The van der Waals surface area contributed by atoms with E-state index in [1.807, 2.05) is 30.3 Å². The van der Waals surface area contributed by atoms with Crippen LogP contribution in [0.5, 0.6) is 17.2 Å². The molecule has 0 radical (unpaired) electrons. The summed E-state index contributed by atoms with van der Waals surface area (Å²) in [4.78, 5) is 13.1. The number of benzene rings is 3. The number of hydrogen-bond acceptors (Lipinski definition) is 4. The lowest BCUT2D eigenvalue weighted by Gasteiger charge is -2.22. The lowest BCUT2D eigenvalue weighted by Crippen LogP contribution is -2.26. The van der Waals surface area contributed by atoms with Gasteiger partial charge in [-0.05, 0) is 43.7 Å². The Balaban J connectivity index is 1.93. The van der Waals surface area contributed by atoms with Gasteiger partial charge in [0.05, 0.1) is 11.1 Å². The summed E-state index contributed by atoms with van der Waals surface area (Å²) in [5, 5.41) is 0. The second kappa shape index (κ2) is 10.7. The Labute approximate surface area is 197 Å². The van der Waals surface area contributed by atoms with Crippen molar-refractivity contribution in [1.82, 2.24) is 0 Å². The molecule has 34 heavy (non-hydrogen) atoms. The highest BCUT2D eigenvalue weighted by atomic mass is 19.1. The van der Waals surface area contributed by atoms with Crippen LogP contribution in [0.2, 0.25) is 0 Å². The Bertz CT molecular complexity index is 1230. The first-order valence-corrected chi connectivity index (χ1v) is 10.5. The van der Waals surface area contributed by atoms with E-state index in [1.165, 1.54) is 24.3 Å². The number of carbonyl (C=O) groups is 1. The van der Waals surface area contributed by atoms with Crippen molar-refractivity contribution in [3.63, 3.8) is 0 Å². The molecule has 174 valence electrons. The van der Waals surface area contributed by atoms with Gasteiger partial charge in [0.25, 0.3) is 0 Å². The number of ketones is 1. The standard InChI is InChI=1S/C28H24F2O4/c1-5-14-32-25-16-22(24(30)17-26(25)34-28(3,4)6-2)27(31)21-15-20(12-13-23(21)29)33-18-19-10-8-7-9-11-19/h2,5,7-13,15-17H,1,14,18H2,3-4H3. The van der Waals surface area contributed by atoms with Gasteiger partial charge in [0, 0.05) is 6.07 Å². The minimum Gasteiger partial charge on any atom is -0.489 e. The van der Waals surface area contributed by atoms with Crippen molar-refractivity contribution in [2.75, 3.05) is 6.61 Å². The molecule has 0 aliphatic heterocycles. The first-order chi connectivity index (χ1) is 16.2. The van der Waals surface area contributed by atoms with Gasteiger partial charge in [0.1, 0.15) is 30.6 Å². The Kier molecular flexibility index (Phi) is 7.70. The van der Waals surface area contributed by atoms with Crippen molar-refractivity contribution in [3.8, 4) is 29.6 Å². The first-order valence-electron chi connectivity index (χ1n) is 10.5. The highest BCUT2D eigenvalue weighted by Crippen LogP contribution is 2.34. The lowest BCUT2D eigenvalue weighted by atomic mass is 10.0. The maximum absolute atomic E-state index is 15.0. The summed E-state index contributed by atoms with van der Waals surface area (Å²) in [5.41, 5.74) is -0.873. The monoisotopic (exact) mass is 462 g/mol. The Morgan fingerprint density at radius 3 is 2.38 bits per heavy atom. The Morgan fingerprint density at radius 1 is 1.00 bits per heavy atom. The van der Waals surface area contributed by atoms with Crippen LogP contribution in [-0.2, 0) is 6.61 Å². The maximum atomic E-state index is 15.0. The second-order valence-electron chi connectivity index (χ2n) is 7.88. The average molecular weight is 462 g/mol. The van der Waals surface area contributed by atoms with E-state index in [-0.39, 0.29) is 41.6 Å². The van der Waals surface area contributed by atoms with E-state index in [0.717, 1.165) is 17.7 Å². The van der Waals surface area contributed by atoms with E-state index in [9.17, 15) is 13.6 Å². The molecule has 0 N–H and O–H groups in total. The number of hydrogen-bond donors (Lipinski definition) is 0. The number of halogens is 2. The fourth-order valence-electron chi connectivity index (χ4n) is 3.01. The normalized spacial score (nSPS) is 10.8. The molecule has 0 atom stereocenters. The number of terminal acetylenes is 1. The van der Waals surface area contributed by atoms with Crippen LogP contribution >= 0.6 is 0 Å². The molecule has 0 saturated carbocycles. The predicted molar refractivity (Wildman–Crippen MR) is 126 cm³/mol. The van der Waals surface area contributed by atoms with Crippen molar-refractivity contribution in [1.29, 1.82) is 0 Å². The predicted octanol–water partition coefficient (Wildman–Crippen LogP) is 6.13. The largest absolute Gasteiger partial charge is 0.489 e. The Hall–Kier alpha value is -4.11. The number of ether oxygens (including phenoxy) is 3. The van der Waals surface area contributed by atoms with Crippen LogP contribution < -0.4 is 14.2 Å². The summed E-state index contributed by atoms with van der Waals surface area (Å²) in [5.74, 6) is 0.216. The van der Waals surface area contributed by atoms with Gasteiger partial charge in [-0.15, -0.1) is 6.42 Å². The second-order valence-corrected chi connectivity index (χ2v) is 7.88. The molecular weight excluding hydrogens is 438 g/mol. The van der Waals surface area contributed by atoms with Crippen LogP contribution in [0.15, 0.2) is 73.3 Å². The quantitative estimate of drug-likeness (QED) is 0.207. The molecule has 0 aromatic heterocycles. The van der Waals surface area contributed by atoms with Crippen LogP contribution in [-0.4, -0.2) is 18.0 Å². The molecule has 0 aliphatic carbocycles. The van der Waals surface area contributed by atoms with E-state index in [2.05, 4.69) is 12.5 Å². The summed E-state index contributed by atoms with van der Waals surface area (Å²) in [7, 11) is 0. The molecule has 0 bridgehead atoms. The molecule has 4 nitrogen and oxygen atoms in total. The van der Waals surface area contributed by atoms with Crippen molar-refractivity contribution in [2.45, 2.75) is 26.1 Å². The molecule has 3 aromatic rings. The third-order valence-corrected chi connectivity index (χ3v) is 4.78. The summed E-state index contributed by atoms with van der Waals surface area (Å²) in [6, 6.07) is 15.3. The van der Waals surface area contributed by atoms with Gasteiger partial charge >= 0.3 is 0 Å². The summed E-state index contributed by atoms with van der Waals surface area (Å²) < 4.78 is 46.5. The van der Waals surface area contributed by atoms with E-state index in [4.69, 9.17) is 20.6 Å². The van der Waals surface area contributed by atoms with Gasteiger partial charge < -0.3 is 14.2 Å². The third kappa shape index (κ3) is 6.02. The number of rotatable bonds is 10. The van der Waals surface area contributed by atoms with Gasteiger partial charge in [-0.2, -0.15) is 0 Å². The Morgan fingerprint density at radius 2 is 1.71 bits per heavy atom. The van der Waals surface area contributed by atoms with Crippen LogP contribution in [0.25, 0.3) is 0 Å². The molecule has 0 spiro atoms. The molecule has 3 aromatic carbocycles. The van der Waals surface area contributed by atoms with Crippen molar-refractivity contribution in [2.24, 2.45) is 0 Å². The highest BCUT2D eigenvalue weighted by molar-refractivity contribution is 6.09. The van der Waals surface area contributed by atoms with Gasteiger partial charge in [0.2, 0.25) is 0 Å². The fourth-order valence-corrected chi connectivity index (χ4v) is 3.01. The molecule has 0 heterocycles. The summed E-state index contributed by atoms with van der Waals surface area (Å²) >= 11 is 0. The zero-order valence-electron chi connectivity index (χ0n) is 18.9. The SMILES string of the molecule is C#CC(C)(C)Oc1cc(F)c(C(=O)c2cc(OCc3ccccc3)ccc2F)cc1OCC=C. The summed E-state index contributed by atoms with van der Waals surface area (Å²) in [6.07, 6.45) is 6.94. The van der Waals surface area contributed by atoms with Gasteiger partial charge in [-0.1, -0.05) is 48.9 Å². The van der Waals surface area contributed by atoms with E-state index >= 15 is 0 Å². The molecule has 0 aliphatic rings. The minimum absolute atomic E-state index is 0.0132. The van der Waals surface area contributed by atoms with E-state index in [0.29, 0.717) is 0 Å². The van der Waals surface area contributed by atoms with Gasteiger partial charge in [-0.3, -0.25) is 4.79 Å². The molecule has 3 rings (SSSR count). The highest BCUT2D eigenvalue weighted by Gasteiger charge is 2.25. The van der Waals surface area contributed by atoms with Crippen molar-refractivity contribution >= 4 is 5.78 Å². The lowest BCUT2D eigenvalue weighted by molar-refractivity contribution is 0.103. The average Bonchev–Trinajstić information content (AvgIpc) is 2.83. The topological polar surface area (TPSA) is 44.8 Å². The molecular formula is C28H24F2O4. The molecule has 0 fully saturated rings. The summed E-state index contributed by atoms with van der Waals surface area (Å²) in [6.45, 7) is 7.12. The van der Waals surface area contributed by atoms with Gasteiger partial charge in [-0.25, -0.2) is 8.78 Å². The van der Waals surface area contributed by atoms with Gasteiger partial charge in [0.15, 0.2) is 22.9 Å². The van der Waals surface area contributed by atoms with Crippen LogP contribution in [0.3, 0.4) is 0 Å². The van der Waals surface area contributed by atoms with Crippen LogP contribution in [0.1, 0.15) is 35.3 Å². The van der Waals surface area contributed by atoms with Crippen molar-refractivity contribution in [3.05, 3.63) is 102 Å². The van der Waals surface area contributed by atoms with E-state index in [1.54, 1.807) is 13.8 Å². The molecule has 0 amide bonds. The molecule has 6 heteroatoms. The third-order valence-electron chi connectivity index (χ3n) is 4.78. The zero-order valence-corrected chi connectivity index (χ0v) is 18.9. The zero-order chi connectivity index (χ0) is 24.7. The smallest absolute Gasteiger partial charge is 0.199 e. The number of carbonyl (C=O) groups excluding carboxylic acids is 1. The van der Waals surface area contributed by atoms with Crippen LogP contribution in [0.4, 0.5) is 8.78 Å². The minimum atomic E-state index is -1.05. The van der Waals surface area contributed by atoms with E-state index < -0.39 is 23.0 Å². The maximum Gasteiger partial charge on any atom is 0.199 e. The molecule has 0 unspecified atom stereocenters. The first kappa shape index (κ1) is 24.5.